The van der Waals surface area contributed by atoms with Crippen LogP contribution in [0.25, 0.3) is 11.1 Å². The number of hydrogen-bond acceptors (Lipinski definition) is 7. The maximum Gasteiger partial charge on any atom is 0.427 e. The standard InChI is InChI=1S/C15H16N6O4/c1-8(2)14(23)17-11-6-20(19-18-11)7-12(22)21-10-5-3-4-9(16)13(10)25-15(21)24/h3-6,8H,7,16H2,1-2H3,(H,17,23). The zero-order chi connectivity index (χ0) is 18.1. The van der Waals surface area contributed by atoms with Crippen LogP contribution in [0.5, 0.6) is 0 Å². The molecule has 0 saturated heterocycles. The van der Waals surface area contributed by atoms with Gasteiger partial charge in [-0.25, -0.2) is 14.0 Å². The van der Waals surface area contributed by atoms with E-state index in [0.717, 1.165) is 4.57 Å². The molecule has 3 N–H and O–H groups in total. The van der Waals surface area contributed by atoms with Crippen LogP contribution >= 0.6 is 0 Å². The number of para-hydroxylation sites is 1. The molecule has 3 rings (SSSR count). The number of nitrogen functional groups attached to an aromatic ring is 1. The summed E-state index contributed by atoms with van der Waals surface area (Å²) in [6.07, 6.45) is 1.40. The molecule has 0 saturated carbocycles. The van der Waals surface area contributed by atoms with E-state index in [1.165, 1.54) is 10.9 Å². The molecule has 0 fully saturated rings. The largest absolute Gasteiger partial charge is 0.427 e. The molecule has 3 aromatic rings. The Morgan fingerprint density at radius 1 is 1.36 bits per heavy atom. The van der Waals surface area contributed by atoms with Gasteiger partial charge in [0.05, 0.1) is 11.9 Å². The summed E-state index contributed by atoms with van der Waals surface area (Å²) in [5, 5.41) is 10.1. The zero-order valence-corrected chi connectivity index (χ0v) is 13.6. The molecule has 2 heterocycles. The molecule has 2 aromatic heterocycles. The molecule has 0 aliphatic carbocycles. The Kier molecular flexibility index (Phi) is 4.09. The Balaban J connectivity index is 1.83. The highest BCUT2D eigenvalue weighted by atomic mass is 16.4. The summed E-state index contributed by atoms with van der Waals surface area (Å²) in [6, 6.07) is 4.75. The number of amides is 1. The smallest absolute Gasteiger partial charge is 0.405 e. The van der Waals surface area contributed by atoms with Gasteiger partial charge in [-0.1, -0.05) is 25.1 Å². The lowest BCUT2D eigenvalue weighted by Gasteiger charge is -2.03. The SMILES string of the molecule is CC(C)C(=O)Nc1cn(CC(=O)n2c(=O)oc3c(N)cccc32)nn1. The quantitative estimate of drug-likeness (QED) is 0.664. The van der Waals surface area contributed by atoms with Crippen LogP contribution in [0.2, 0.25) is 0 Å². The van der Waals surface area contributed by atoms with Crippen LogP contribution in [0.15, 0.2) is 33.6 Å². The summed E-state index contributed by atoms with van der Waals surface area (Å²) in [5.41, 5.74) is 6.44. The molecule has 10 nitrogen and oxygen atoms in total. The van der Waals surface area contributed by atoms with Crippen molar-refractivity contribution in [2.45, 2.75) is 20.4 Å². The highest BCUT2D eigenvalue weighted by molar-refractivity contribution is 5.93. The highest BCUT2D eigenvalue weighted by Crippen LogP contribution is 2.19. The lowest BCUT2D eigenvalue weighted by molar-refractivity contribution is -0.118. The lowest BCUT2D eigenvalue weighted by Crippen LogP contribution is -2.26. The number of fused-ring (bicyclic) bond motifs is 1. The van der Waals surface area contributed by atoms with Gasteiger partial charge >= 0.3 is 5.76 Å². The van der Waals surface area contributed by atoms with Gasteiger partial charge in [-0.15, -0.1) is 5.10 Å². The van der Waals surface area contributed by atoms with Gasteiger partial charge in [0.25, 0.3) is 5.91 Å². The van der Waals surface area contributed by atoms with Gasteiger partial charge in [0.2, 0.25) is 5.91 Å². The van der Waals surface area contributed by atoms with Gasteiger partial charge in [0.15, 0.2) is 11.4 Å². The third-order valence-electron chi connectivity index (χ3n) is 3.50. The minimum Gasteiger partial charge on any atom is -0.405 e. The molecule has 0 spiro atoms. The predicted molar refractivity (Wildman–Crippen MR) is 89.0 cm³/mol. The van der Waals surface area contributed by atoms with E-state index in [9.17, 15) is 14.4 Å². The second-order valence-electron chi connectivity index (χ2n) is 5.74. The van der Waals surface area contributed by atoms with E-state index in [1.54, 1.807) is 32.0 Å². The zero-order valence-electron chi connectivity index (χ0n) is 13.6. The van der Waals surface area contributed by atoms with Crippen molar-refractivity contribution in [2.24, 2.45) is 5.92 Å². The van der Waals surface area contributed by atoms with E-state index in [2.05, 4.69) is 15.6 Å². The average Bonchev–Trinajstić information content (AvgIpc) is 3.11. The summed E-state index contributed by atoms with van der Waals surface area (Å²) in [4.78, 5) is 36.0. The van der Waals surface area contributed by atoms with Gasteiger partial charge < -0.3 is 15.5 Å². The van der Waals surface area contributed by atoms with E-state index in [4.69, 9.17) is 10.2 Å². The van der Waals surface area contributed by atoms with Gasteiger partial charge in [0.1, 0.15) is 12.1 Å². The summed E-state index contributed by atoms with van der Waals surface area (Å²) in [5.74, 6) is -1.61. The maximum atomic E-state index is 12.4. The van der Waals surface area contributed by atoms with Crippen LogP contribution in [0, 0.1) is 5.92 Å². The molecule has 25 heavy (non-hydrogen) atoms. The van der Waals surface area contributed by atoms with Crippen LogP contribution in [-0.2, 0) is 11.3 Å². The Labute approximate surface area is 141 Å². The molecule has 0 bridgehead atoms. The molecule has 0 unspecified atom stereocenters. The van der Waals surface area contributed by atoms with Gasteiger partial charge in [-0.05, 0) is 12.1 Å². The number of nitrogens with one attached hydrogen (secondary N) is 1. The number of aromatic nitrogens is 4. The molecule has 0 aliphatic heterocycles. The van der Waals surface area contributed by atoms with E-state index < -0.39 is 11.7 Å². The third-order valence-corrected chi connectivity index (χ3v) is 3.50. The number of hydrogen-bond donors (Lipinski definition) is 2. The maximum absolute atomic E-state index is 12.4. The number of nitrogens with two attached hydrogens (primary N) is 1. The first kappa shape index (κ1) is 16.4. The normalized spacial score (nSPS) is 11.2. The summed E-state index contributed by atoms with van der Waals surface area (Å²) in [6.45, 7) is 3.23. The van der Waals surface area contributed by atoms with Crippen molar-refractivity contribution in [2.75, 3.05) is 11.1 Å². The van der Waals surface area contributed by atoms with Gasteiger partial charge in [-0.3, -0.25) is 9.59 Å². The minimum absolute atomic E-state index is 0.157. The second-order valence-corrected chi connectivity index (χ2v) is 5.74. The Hall–Kier alpha value is -3.43. The van der Waals surface area contributed by atoms with Gasteiger partial charge in [0, 0.05) is 5.92 Å². The molecule has 10 heteroatoms. The number of anilines is 2. The first-order valence-electron chi connectivity index (χ1n) is 7.51. The van der Waals surface area contributed by atoms with Crippen molar-refractivity contribution in [3.63, 3.8) is 0 Å². The lowest BCUT2D eigenvalue weighted by atomic mass is 10.2. The molecule has 0 aliphatic rings. The first-order valence-corrected chi connectivity index (χ1v) is 7.51. The minimum atomic E-state index is -0.827. The Morgan fingerprint density at radius 3 is 2.84 bits per heavy atom. The van der Waals surface area contributed by atoms with Crippen LogP contribution in [-0.4, -0.2) is 31.4 Å². The van der Waals surface area contributed by atoms with Crippen LogP contribution in [0.4, 0.5) is 11.5 Å². The van der Waals surface area contributed by atoms with Gasteiger partial charge in [-0.2, -0.15) is 0 Å². The number of nitrogens with zero attached hydrogens (tertiary/aromatic N) is 4. The number of carbonyl (C=O) groups excluding carboxylic acids is 2. The van der Waals surface area contributed by atoms with Crippen molar-refractivity contribution >= 4 is 34.4 Å². The van der Waals surface area contributed by atoms with Crippen molar-refractivity contribution in [3.05, 3.63) is 34.9 Å². The molecule has 0 atom stereocenters. The average molecular weight is 344 g/mol. The topological polar surface area (TPSA) is 138 Å². The number of oxazole rings is 1. The predicted octanol–water partition coefficient (Wildman–Crippen LogP) is 0.703. The summed E-state index contributed by atoms with van der Waals surface area (Å²) >= 11 is 0. The summed E-state index contributed by atoms with van der Waals surface area (Å²) < 4.78 is 7.14. The highest BCUT2D eigenvalue weighted by Gasteiger charge is 2.18. The summed E-state index contributed by atoms with van der Waals surface area (Å²) in [7, 11) is 0. The molecular weight excluding hydrogens is 328 g/mol. The second kappa shape index (κ2) is 6.23. The molecular formula is C15H16N6O4. The molecule has 1 amide bonds. The number of rotatable bonds is 4. The number of benzene rings is 1. The third kappa shape index (κ3) is 3.13. The van der Waals surface area contributed by atoms with Crippen LogP contribution in [0.3, 0.4) is 0 Å². The Bertz CT molecular complexity index is 1010. The number of carbonyl (C=O) groups is 2. The van der Waals surface area contributed by atoms with Crippen molar-refractivity contribution in [1.29, 1.82) is 0 Å². The van der Waals surface area contributed by atoms with Crippen molar-refractivity contribution in [1.82, 2.24) is 19.6 Å². The monoisotopic (exact) mass is 344 g/mol. The van der Waals surface area contributed by atoms with Crippen molar-refractivity contribution < 1.29 is 14.0 Å². The first-order chi connectivity index (χ1) is 11.9. The van der Waals surface area contributed by atoms with E-state index in [0.29, 0.717) is 0 Å². The fourth-order valence-electron chi connectivity index (χ4n) is 2.21. The molecule has 130 valence electrons. The van der Waals surface area contributed by atoms with E-state index in [-0.39, 0.29) is 41.0 Å². The van der Waals surface area contributed by atoms with Crippen LogP contribution < -0.4 is 16.8 Å². The van der Waals surface area contributed by atoms with Crippen LogP contribution in [0.1, 0.15) is 18.6 Å². The Morgan fingerprint density at radius 2 is 2.12 bits per heavy atom. The molecule has 0 radical (unpaired) electrons. The van der Waals surface area contributed by atoms with E-state index >= 15 is 0 Å². The fraction of sp³-hybridized carbons (Fsp3) is 0.267. The molecule has 1 aromatic carbocycles. The van der Waals surface area contributed by atoms with Crippen molar-refractivity contribution in [3.8, 4) is 0 Å². The van der Waals surface area contributed by atoms with E-state index in [1.807, 2.05) is 0 Å². The fourth-order valence-corrected chi connectivity index (χ4v) is 2.21.